The molecular weight excluding hydrogens is 276 g/mol. The van der Waals surface area contributed by atoms with Gasteiger partial charge in [-0.25, -0.2) is 8.42 Å². The molecule has 0 saturated carbocycles. The van der Waals surface area contributed by atoms with E-state index in [-0.39, 0.29) is 10.6 Å². The minimum atomic E-state index is -3.61. The van der Waals surface area contributed by atoms with Gasteiger partial charge >= 0.3 is 0 Å². The van der Waals surface area contributed by atoms with E-state index in [0.29, 0.717) is 18.4 Å². The highest BCUT2D eigenvalue weighted by Crippen LogP contribution is 2.34. The second kappa shape index (κ2) is 4.64. The highest BCUT2D eigenvalue weighted by molar-refractivity contribution is 7.91. The van der Waals surface area contributed by atoms with Gasteiger partial charge < -0.3 is 0 Å². The minimum absolute atomic E-state index is 0.0215. The van der Waals surface area contributed by atoms with Crippen LogP contribution in [0.1, 0.15) is 24.5 Å². The molecule has 5 nitrogen and oxygen atoms in total. The van der Waals surface area contributed by atoms with Gasteiger partial charge in [-0.2, -0.15) is 8.42 Å². The average molecular weight is 290 g/mol. The van der Waals surface area contributed by atoms with Crippen LogP contribution in [0.15, 0.2) is 29.2 Å². The lowest BCUT2D eigenvalue weighted by atomic mass is 10.1. The Morgan fingerprint density at radius 1 is 1.28 bits per heavy atom. The highest BCUT2D eigenvalue weighted by Gasteiger charge is 2.29. The van der Waals surface area contributed by atoms with Crippen LogP contribution in [0.2, 0.25) is 0 Å². The maximum Gasteiger partial charge on any atom is 0.264 e. The van der Waals surface area contributed by atoms with Crippen LogP contribution >= 0.6 is 0 Å². The first-order chi connectivity index (χ1) is 8.30. The molecule has 1 aliphatic heterocycles. The fourth-order valence-electron chi connectivity index (χ4n) is 2.06. The smallest absolute Gasteiger partial charge is 0.262 e. The van der Waals surface area contributed by atoms with Crippen LogP contribution in [0, 0.1) is 0 Å². The molecule has 0 aliphatic carbocycles. The zero-order valence-electron chi connectivity index (χ0n) is 9.87. The predicted molar refractivity (Wildman–Crippen MR) is 66.4 cm³/mol. The third-order valence-electron chi connectivity index (χ3n) is 2.77. The van der Waals surface area contributed by atoms with Crippen molar-refractivity contribution in [2.75, 3.05) is 12.0 Å². The number of benzene rings is 1. The van der Waals surface area contributed by atoms with Crippen LogP contribution in [0.3, 0.4) is 0 Å². The van der Waals surface area contributed by atoms with Crippen molar-refractivity contribution in [2.45, 2.75) is 23.8 Å². The summed E-state index contributed by atoms with van der Waals surface area (Å²) >= 11 is 0. The Bertz CT molecular complexity index is 646. The molecule has 1 aliphatic rings. The van der Waals surface area contributed by atoms with Crippen molar-refractivity contribution in [3.05, 3.63) is 29.8 Å². The van der Waals surface area contributed by atoms with Gasteiger partial charge in [0.2, 0.25) is 0 Å². The largest absolute Gasteiger partial charge is 0.264 e. The number of sulfone groups is 1. The van der Waals surface area contributed by atoms with Gasteiger partial charge in [0.05, 0.1) is 16.9 Å². The molecule has 0 N–H and O–H groups in total. The first-order valence-corrected chi connectivity index (χ1v) is 8.96. The Morgan fingerprint density at radius 3 is 2.61 bits per heavy atom. The van der Waals surface area contributed by atoms with Gasteiger partial charge in [0.1, 0.15) is 6.10 Å². The molecule has 2 rings (SSSR count). The lowest BCUT2D eigenvalue weighted by molar-refractivity contribution is 0.202. The molecule has 18 heavy (non-hydrogen) atoms. The van der Waals surface area contributed by atoms with Crippen LogP contribution in [-0.4, -0.2) is 28.8 Å². The minimum Gasteiger partial charge on any atom is -0.262 e. The van der Waals surface area contributed by atoms with E-state index in [0.717, 1.165) is 6.26 Å². The molecule has 100 valence electrons. The first kappa shape index (κ1) is 13.5. The molecule has 0 aromatic heterocycles. The fourth-order valence-corrected chi connectivity index (χ4v) is 4.30. The van der Waals surface area contributed by atoms with Crippen molar-refractivity contribution in [3.8, 4) is 0 Å². The van der Waals surface area contributed by atoms with Gasteiger partial charge in [-0.3, -0.25) is 4.18 Å². The molecule has 1 atom stereocenters. The van der Waals surface area contributed by atoms with Gasteiger partial charge in [-0.05, 0) is 18.9 Å². The molecule has 0 fully saturated rings. The van der Waals surface area contributed by atoms with Gasteiger partial charge in [0.25, 0.3) is 10.1 Å². The maximum absolute atomic E-state index is 12.0. The number of hydrogen-bond acceptors (Lipinski definition) is 5. The van der Waals surface area contributed by atoms with E-state index in [4.69, 9.17) is 4.18 Å². The van der Waals surface area contributed by atoms with E-state index in [9.17, 15) is 16.8 Å². The van der Waals surface area contributed by atoms with Gasteiger partial charge in [-0.15, -0.1) is 0 Å². The van der Waals surface area contributed by atoms with E-state index in [1.54, 1.807) is 18.2 Å². The topological polar surface area (TPSA) is 77.5 Å². The summed E-state index contributed by atoms with van der Waals surface area (Å²) in [5.41, 5.74) is 0.431. The summed E-state index contributed by atoms with van der Waals surface area (Å²) in [5.74, 6) is 0.0215. The molecule has 0 radical (unpaired) electrons. The summed E-state index contributed by atoms with van der Waals surface area (Å²) in [6.45, 7) is 0. The monoisotopic (exact) mass is 290 g/mol. The summed E-state index contributed by atoms with van der Waals surface area (Å²) in [4.78, 5) is 0.177. The van der Waals surface area contributed by atoms with E-state index >= 15 is 0 Å². The van der Waals surface area contributed by atoms with Crippen molar-refractivity contribution < 1.29 is 21.0 Å². The van der Waals surface area contributed by atoms with Gasteiger partial charge in [0.15, 0.2) is 9.84 Å². The van der Waals surface area contributed by atoms with Crippen molar-refractivity contribution >= 4 is 20.0 Å². The number of rotatable bonds is 2. The van der Waals surface area contributed by atoms with Crippen LogP contribution in [-0.2, 0) is 24.1 Å². The number of fused-ring (bicyclic) bond motifs is 1. The molecule has 0 unspecified atom stereocenters. The molecule has 0 bridgehead atoms. The third-order valence-corrected chi connectivity index (χ3v) is 5.22. The Morgan fingerprint density at radius 2 is 1.94 bits per heavy atom. The molecule has 1 aromatic rings. The van der Waals surface area contributed by atoms with Crippen molar-refractivity contribution in [1.82, 2.24) is 0 Å². The van der Waals surface area contributed by atoms with Crippen molar-refractivity contribution in [3.63, 3.8) is 0 Å². The summed E-state index contributed by atoms with van der Waals surface area (Å²) in [6, 6.07) is 6.40. The lowest BCUT2D eigenvalue weighted by Crippen LogP contribution is -2.11. The van der Waals surface area contributed by atoms with Crippen LogP contribution in [0.5, 0.6) is 0 Å². The number of hydrogen-bond donors (Lipinski definition) is 0. The summed E-state index contributed by atoms with van der Waals surface area (Å²) < 4.78 is 51.4. The normalized spacial score (nSPS) is 23.1. The second-order valence-corrected chi connectivity index (χ2v) is 7.97. The van der Waals surface area contributed by atoms with Crippen molar-refractivity contribution in [2.24, 2.45) is 0 Å². The van der Waals surface area contributed by atoms with Crippen LogP contribution in [0.25, 0.3) is 0 Å². The predicted octanol–water partition coefficient (Wildman–Crippen LogP) is 1.27. The van der Waals surface area contributed by atoms with Crippen LogP contribution in [0.4, 0.5) is 0 Å². The molecule has 0 spiro atoms. The lowest BCUT2D eigenvalue weighted by Gasteiger charge is -2.15. The SMILES string of the molecule is CS(=O)(=O)O[C@@H]1CCCS(=O)(=O)c2ccccc21. The zero-order valence-corrected chi connectivity index (χ0v) is 11.5. The van der Waals surface area contributed by atoms with E-state index in [1.807, 2.05) is 0 Å². The molecule has 0 saturated heterocycles. The van der Waals surface area contributed by atoms with Crippen molar-refractivity contribution in [1.29, 1.82) is 0 Å². The average Bonchev–Trinajstić information content (AvgIpc) is 2.36. The van der Waals surface area contributed by atoms with E-state index in [1.165, 1.54) is 6.07 Å². The maximum atomic E-state index is 12.0. The zero-order chi connectivity index (χ0) is 13.4. The quantitative estimate of drug-likeness (QED) is 0.767. The molecule has 1 aromatic carbocycles. The second-order valence-electron chi connectivity index (χ2n) is 4.29. The Hall–Kier alpha value is -0.920. The Labute approximate surface area is 107 Å². The highest BCUT2D eigenvalue weighted by atomic mass is 32.2. The standard InChI is InChI=1S/C11H14O5S2/c1-17(12,13)16-10-6-4-8-18(14,15)11-7-3-2-5-9(10)11/h2-3,5,7,10H,4,6,8H2,1H3/t10-/m1/s1. The summed E-state index contributed by atoms with van der Waals surface area (Å²) in [7, 11) is -6.96. The summed E-state index contributed by atoms with van der Waals surface area (Å²) in [6.07, 6.45) is 1.02. The molecule has 1 heterocycles. The van der Waals surface area contributed by atoms with E-state index in [2.05, 4.69) is 0 Å². The molecule has 0 amide bonds. The van der Waals surface area contributed by atoms with E-state index < -0.39 is 26.1 Å². The summed E-state index contributed by atoms with van der Waals surface area (Å²) in [5, 5.41) is 0. The molecular formula is C11H14O5S2. The van der Waals surface area contributed by atoms with Gasteiger partial charge in [-0.1, -0.05) is 18.2 Å². The van der Waals surface area contributed by atoms with Gasteiger partial charge in [0, 0.05) is 5.56 Å². The molecule has 7 heteroatoms. The Kier molecular flexibility index (Phi) is 3.48. The third kappa shape index (κ3) is 2.90. The Balaban J connectivity index is 2.53. The van der Waals surface area contributed by atoms with Crippen LogP contribution < -0.4 is 0 Å². The first-order valence-electron chi connectivity index (χ1n) is 5.49. The fraction of sp³-hybridized carbons (Fsp3) is 0.455.